The van der Waals surface area contributed by atoms with Gasteiger partial charge in [0.2, 0.25) is 0 Å². The molecule has 0 radical (unpaired) electrons. The number of furan rings is 1. The van der Waals surface area contributed by atoms with Crippen molar-refractivity contribution < 1.29 is 4.42 Å². The van der Waals surface area contributed by atoms with Crippen LogP contribution in [0.3, 0.4) is 0 Å². The third-order valence-corrected chi connectivity index (χ3v) is 4.03. The van der Waals surface area contributed by atoms with Gasteiger partial charge in [-0.15, -0.1) is 0 Å². The van der Waals surface area contributed by atoms with Crippen molar-refractivity contribution in [2.75, 3.05) is 0 Å². The molecule has 3 heterocycles. The summed E-state index contributed by atoms with van der Waals surface area (Å²) < 4.78 is 7.52. The molecule has 5 aromatic rings. The zero-order chi connectivity index (χ0) is 13.3. The minimum absolute atomic E-state index is 0.0145. The third kappa shape index (κ3) is 0.969. The van der Waals surface area contributed by atoms with Gasteiger partial charge in [-0.2, -0.15) is 0 Å². The van der Waals surface area contributed by atoms with Gasteiger partial charge >= 0.3 is 0 Å². The molecule has 0 N–H and O–H groups in total. The number of hydrogen-bond acceptors (Lipinski definition) is 2. The predicted octanol–water partition coefficient (Wildman–Crippen LogP) is 3.79. The van der Waals surface area contributed by atoms with Gasteiger partial charge in [-0.1, -0.05) is 36.4 Å². The highest BCUT2D eigenvalue weighted by Crippen LogP contribution is 2.35. The van der Waals surface area contributed by atoms with Crippen molar-refractivity contribution in [3.05, 3.63) is 65.1 Å². The Kier molecular flexibility index (Phi) is 1.60. The molecule has 0 spiro atoms. The van der Waals surface area contributed by atoms with Crippen LogP contribution >= 0.6 is 0 Å². The average molecular weight is 259 g/mol. The van der Waals surface area contributed by atoms with E-state index in [1.54, 1.807) is 10.7 Å². The van der Waals surface area contributed by atoms with Crippen LogP contribution in [0, 0.1) is 0 Å². The van der Waals surface area contributed by atoms with Crippen LogP contribution in [-0.4, -0.2) is 4.40 Å². The van der Waals surface area contributed by atoms with Crippen molar-refractivity contribution in [1.29, 1.82) is 0 Å². The highest BCUT2D eigenvalue weighted by molar-refractivity contribution is 6.18. The van der Waals surface area contributed by atoms with E-state index in [2.05, 4.69) is 0 Å². The first-order valence-electron chi connectivity index (χ1n) is 6.51. The van der Waals surface area contributed by atoms with Crippen LogP contribution in [0.4, 0.5) is 0 Å². The monoisotopic (exact) mass is 259 g/mol. The first kappa shape index (κ1) is 10.0. The fourth-order valence-electron chi connectivity index (χ4n) is 3.17. The van der Waals surface area contributed by atoms with Crippen LogP contribution < -0.4 is 5.56 Å². The SMILES string of the molecule is O=c1c2ccccc2c2occ3c4ccccc4n1c32. The van der Waals surface area contributed by atoms with Crippen LogP contribution in [0.25, 0.3) is 38.2 Å². The van der Waals surface area contributed by atoms with Gasteiger partial charge in [0.05, 0.1) is 10.9 Å². The molecule has 0 saturated heterocycles. The maximum absolute atomic E-state index is 12.8. The zero-order valence-electron chi connectivity index (χ0n) is 10.5. The fraction of sp³-hybridized carbons (Fsp3) is 0. The van der Waals surface area contributed by atoms with Gasteiger partial charge in [0.25, 0.3) is 5.56 Å². The van der Waals surface area contributed by atoms with Gasteiger partial charge in [0.1, 0.15) is 11.8 Å². The second-order valence-corrected chi connectivity index (χ2v) is 5.03. The lowest BCUT2D eigenvalue weighted by atomic mass is 10.1. The Labute approximate surface area is 113 Å². The Hall–Kier alpha value is -2.81. The van der Waals surface area contributed by atoms with Crippen LogP contribution in [0.2, 0.25) is 0 Å². The maximum atomic E-state index is 12.8. The molecule has 0 aliphatic heterocycles. The lowest BCUT2D eigenvalue weighted by Crippen LogP contribution is -2.12. The van der Waals surface area contributed by atoms with Crippen molar-refractivity contribution in [3.63, 3.8) is 0 Å². The molecule has 20 heavy (non-hydrogen) atoms. The van der Waals surface area contributed by atoms with E-state index < -0.39 is 0 Å². The number of hydrogen-bond donors (Lipinski definition) is 0. The number of aromatic nitrogens is 1. The molecule has 5 rings (SSSR count). The van der Waals surface area contributed by atoms with E-state index in [4.69, 9.17) is 4.42 Å². The summed E-state index contributed by atoms with van der Waals surface area (Å²) in [6, 6.07) is 15.5. The molecule has 0 amide bonds. The van der Waals surface area contributed by atoms with E-state index in [1.165, 1.54) is 0 Å². The van der Waals surface area contributed by atoms with Crippen LogP contribution in [0.1, 0.15) is 0 Å². The Morgan fingerprint density at radius 2 is 1.50 bits per heavy atom. The number of para-hydroxylation sites is 1. The van der Waals surface area contributed by atoms with E-state index >= 15 is 0 Å². The van der Waals surface area contributed by atoms with E-state index in [0.717, 1.165) is 32.8 Å². The van der Waals surface area contributed by atoms with Gasteiger partial charge < -0.3 is 4.42 Å². The van der Waals surface area contributed by atoms with Gasteiger partial charge in [-0.25, -0.2) is 0 Å². The molecule has 0 bridgehead atoms. The molecule has 0 fully saturated rings. The number of nitrogens with zero attached hydrogens (tertiary/aromatic N) is 1. The van der Waals surface area contributed by atoms with Gasteiger partial charge in [-0.3, -0.25) is 9.20 Å². The van der Waals surface area contributed by atoms with Crippen molar-refractivity contribution >= 4 is 38.2 Å². The molecule has 0 unspecified atom stereocenters. The van der Waals surface area contributed by atoms with E-state index in [-0.39, 0.29) is 5.56 Å². The topological polar surface area (TPSA) is 34.6 Å². The number of fused-ring (bicyclic) bond motifs is 5. The van der Waals surface area contributed by atoms with Crippen LogP contribution in [0.15, 0.2) is 64.0 Å². The van der Waals surface area contributed by atoms with Crippen molar-refractivity contribution in [3.8, 4) is 0 Å². The smallest absolute Gasteiger partial charge is 0.263 e. The second-order valence-electron chi connectivity index (χ2n) is 5.03. The second kappa shape index (κ2) is 3.20. The molecule has 2 aromatic carbocycles. The van der Waals surface area contributed by atoms with E-state index in [1.807, 2.05) is 48.5 Å². The van der Waals surface area contributed by atoms with Crippen LogP contribution in [0.5, 0.6) is 0 Å². The summed E-state index contributed by atoms with van der Waals surface area (Å²) >= 11 is 0. The summed E-state index contributed by atoms with van der Waals surface area (Å²) in [4.78, 5) is 12.8. The molecular formula is C17H9NO2. The lowest BCUT2D eigenvalue weighted by Gasteiger charge is -2.01. The first-order valence-corrected chi connectivity index (χ1v) is 6.51. The quantitative estimate of drug-likeness (QED) is 0.424. The molecule has 3 heteroatoms. The van der Waals surface area contributed by atoms with E-state index in [9.17, 15) is 4.79 Å². The third-order valence-electron chi connectivity index (χ3n) is 4.03. The minimum atomic E-state index is 0.0145. The number of benzene rings is 2. The minimum Gasteiger partial charge on any atom is -0.461 e. The molecule has 94 valence electrons. The van der Waals surface area contributed by atoms with Gasteiger partial charge in [0.15, 0.2) is 5.58 Å². The molecular weight excluding hydrogens is 250 g/mol. The number of rotatable bonds is 0. The summed E-state index contributed by atoms with van der Waals surface area (Å²) in [5, 5.41) is 3.62. The molecule has 3 nitrogen and oxygen atoms in total. The highest BCUT2D eigenvalue weighted by Gasteiger charge is 2.18. The van der Waals surface area contributed by atoms with Crippen molar-refractivity contribution in [2.45, 2.75) is 0 Å². The predicted molar refractivity (Wildman–Crippen MR) is 79.6 cm³/mol. The summed E-state index contributed by atoms with van der Waals surface area (Å²) in [7, 11) is 0. The fourth-order valence-corrected chi connectivity index (χ4v) is 3.17. The van der Waals surface area contributed by atoms with E-state index in [0.29, 0.717) is 5.39 Å². The summed E-state index contributed by atoms with van der Waals surface area (Å²) in [6.07, 6.45) is 1.75. The summed E-state index contributed by atoms with van der Waals surface area (Å²) in [5.74, 6) is 0. The summed E-state index contributed by atoms with van der Waals surface area (Å²) in [6.45, 7) is 0. The van der Waals surface area contributed by atoms with Crippen LogP contribution in [-0.2, 0) is 0 Å². The standard InChI is InChI=1S/C17H9NO2/c19-17-12-7-2-1-6-11(12)16-15-13(9-20-16)10-5-3-4-8-14(10)18(15)17/h1-9H. The lowest BCUT2D eigenvalue weighted by molar-refractivity contribution is 0.622. The molecule has 0 saturated carbocycles. The molecule has 0 atom stereocenters. The molecule has 0 aliphatic carbocycles. The average Bonchev–Trinajstić information content (AvgIpc) is 3.05. The summed E-state index contributed by atoms with van der Waals surface area (Å²) in [5.41, 5.74) is 2.62. The van der Waals surface area contributed by atoms with Gasteiger partial charge in [-0.05, 0) is 12.1 Å². The zero-order valence-corrected chi connectivity index (χ0v) is 10.5. The molecule has 3 aromatic heterocycles. The largest absolute Gasteiger partial charge is 0.461 e. The maximum Gasteiger partial charge on any atom is 0.263 e. The Morgan fingerprint density at radius 3 is 2.35 bits per heavy atom. The first-order chi connectivity index (χ1) is 9.86. The highest BCUT2D eigenvalue weighted by atomic mass is 16.3. The van der Waals surface area contributed by atoms with Crippen molar-refractivity contribution in [2.24, 2.45) is 0 Å². The Balaban J connectivity index is 2.32. The van der Waals surface area contributed by atoms with Gasteiger partial charge in [0, 0.05) is 16.2 Å². The normalized spacial score (nSPS) is 12.2. The Bertz CT molecular complexity index is 1160. The van der Waals surface area contributed by atoms with Crippen molar-refractivity contribution in [1.82, 2.24) is 4.40 Å². The Morgan fingerprint density at radius 1 is 0.800 bits per heavy atom. The molecule has 0 aliphatic rings. The number of pyridine rings is 1.